The van der Waals surface area contributed by atoms with Crippen LogP contribution in [0.1, 0.15) is 43.5 Å². The Balaban J connectivity index is 1.94. The number of hydrogen-bond acceptors (Lipinski definition) is 2. The number of hydrogen-bond donors (Lipinski definition) is 1. The maximum absolute atomic E-state index is 4.64. The van der Waals surface area contributed by atoms with Crippen molar-refractivity contribution in [2.75, 3.05) is 5.32 Å². The summed E-state index contributed by atoms with van der Waals surface area (Å²) in [5.41, 5.74) is 2.43. The van der Waals surface area contributed by atoms with Gasteiger partial charge in [0, 0.05) is 12.2 Å². The molecule has 1 aromatic heterocycles. The molecule has 3 heteroatoms. The van der Waals surface area contributed by atoms with E-state index in [1.54, 1.807) is 0 Å². The molecule has 3 nitrogen and oxygen atoms in total. The molecule has 1 N–H and O–H groups in total. The molecule has 1 aliphatic carbocycles. The van der Waals surface area contributed by atoms with Crippen LogP contribution in [0.4, 0.5) is 5.95 Å². The number of nitrogens with zero attached hydrogens (tertiary/aromatic N) is 2. The van der Waals surface area contributed by atoms with Gasteiger partial charge in [-0.2, -0.15) is 0 Å². The van der Waals surface area contributed by atoms with E-state index in [1.165, 1.54) is 18.4 Å². The van der Waals surface area contributed by atoms with Crippen LogP contribution in [0.2, 0.25) is 0 Å². The zero-order chi connectivity index (χ0) is 13.2. The molecule has 2 aromatic rings. The van der Waals surface area contributed by atoms with E-state index in [0.29, 0.717) is 12.1 Å². The highest BCUT2D eigenvalue weighted by Gasteiger charge is 2.24. The van der Waals surface area contributed by atoms with Crippen molar-refractivity contribution in [3.63, 3.8) is 0 Å². The number of nitrogens with one attached hydrogen (secondary N) is 1. The number of aryl methyl sites for hydroxylation is 1. The van der Waals surface area contributed by atoms with Crippen LogP contribution < -0.4 is 5.32 Å². The third kappa shape index (κ3) is 2.65. The Bertz CT molecular complexity index is 540. The molecular weight excluding hydrogens is 234 g/mol. The predicted molar refractivity (Wildman–Crippen MR) is 78.5 cm³/mol. The van der Waals surface area contributed by atoms with Crippen LogP contribution >= 0.6 is 0 Å². The van der Waals surface area contributed by atoms with Gasteiger partial charge in [0.1, 0.15) is 0 Å². The smallest absolute Gasteiger partial charge is 0.203 e. The van der Waals surface area contributed by atoms with Crippen LogP contribution in [-0.4, -0.2) is 15.6 Å². The Kier molecular flexibility index (Phi) is 3.28. The molecule has 0 bridgehead atoms. The molecule has 0 radical (unpaired) electrons. The second-order valence-corrected chi connectivity index (χ2v) is 5.37. The van der Waals surface area contributed by atoms with Crippen molar-refractivity contribution in [3.05, 3.63) is 47.8 Å². The summed E-state index contributed by atoms with van der Waals surface area (Å²) in [5.74, 6) is 1.02. The van der Waals surface area contributed by atoms with Gasteiger partial charge in [0.2, 0.25) is 5.95 Å². The third-order valence-electron chi connectivity index (χ3n) is 3.67. The van der Waals surface area contributed by atoms with Crippen molar-refractivity contribution in [2.24, 2.45) is 0 Å². The molecule has 1 unspecified atom stereocenters. The maximum Gasteiger partial charge on any atom is 0.203 e. The van der Waals surface area contributed by atoms with Crippen LogP contribution in [0.5, 0.6) is 0 Å². The summed E-state index contributed by atoms with van der Waals surface area (Å²) in [5, 5.41) is 3.54. The van der Waals surface area contributed by atoms with Gasteiger partial charge in [-0.3, -0.25) is 0 Å². The summed E-state index contributed by atoms with van der Waals surface area (Å²) in [7, 11) is 0. The first-order valence-corrected chi connectivity index (χ1v) is 7.15. The minimum atomic E-state index is 0.364. The first-order chi connectivity index (χ1) is 9.28. The van der Waals surface area contributed by atoms with E-state index in [4.69, 9.17) is 0 Å². The van der Waals surface area contributed by atoms with Crippen molar-refractivity contribution in [1.29, 1.82) is 0 Å². The summed E-state index contributed by atoms with van der Waals surface area (Å²) in [4.78, 5) is 4.64. The minimum Gasteiger partial charge on any atom is -0.353 e. The van der Waals surface area contributed by atoms with E-state index >= 15 is 0 Å². The molecule has 1 fully saturated rings. The lowest BCUT2D eigenvalue weighted by molar-refractivity contribution is 0.570. The van der Waals surface area contributed by atoms with Gasteiger partial charge in [-0.05, 0) is 31.7 Å². The Morgan fingerprint density at radius 2 is 2.05 bits per heavy atom. The molecule has 0 amide bonds. The second-order valence-electron chi connectivity index (χ2n) is 5.37. The van der Waals surface area contributed by atoms with Crippen LogP contribution in [0, 0.1) is 6.92 Å². The predicted octanol–water partition coefficient (Wildman–Crippen LogP) is 3.77. The molecule has 1 aliphatic rings. The SMILES string of the molecule is CCC(c1ccccc1)n1cc(C)nc1NC1CC1. The Labute approximate surface area is 114 Å². The summed E-state index contributed by atoms with van der Waals surface area (Å²) >= 11 is 0. The van der Waals surface area contributed by atoms with Crippen molar-refractivity contribution in [1.82, 2.24) is 9.55 Å². The van der Waals surface area contributed by atoms with Gasteiger partial charge in [0.15, 0.2) is 0 Å². The van der Waals surface area contributed by atoms with E-state index in [9.17, 15) is 0 Å². The highest BCUT2D eigenvalue weighted by atomic mass is 15.2. The van der Waals surface area contributed by atoms with Gasteiger partial charge >= 0.3 is 0 Å². The normalized spacial score (nSPS) is 16.3. The molecule has 3 rings (SSSR count). The number of benzene rings is 1. The quantitative estimate of drug-likeness (QED) is 0.881. The van der Waals surface area contributed by atoms with E-state index in [-0.39, 0.29) is 0 Å². The molecule has 1 heterocycles. The highest BCUT2D eigenvalue weighted by Crippen LogP contribution is 2.29. The molecular formula is C16H21N3. The van der Waals surface area contributed by atoms with Crippen LogP contribution in [0.3, 0.4) is 0 Å². The van der Waals surface area contributed by atoms with Gasteiger partial charge < -0.3 is 9.88 Å². The third-order valence-corrected chi connectivity index (χ3v) is 3.67. The van der Waals surface area contributed by atoms with E-state index < -0.39 is 0 Å². The van der Waals surface area contributed by atoms with Gasteiger partial charge in [-0.1, -0.05) is 37.3 Å². The van der Waals surface area contributed by atoms with Gasteiger partial charge in [-0.15, -0.1) is 0 Å². The zero-order valence-electron chi connectivity index (χ0n) is 11.6. The van der Waals surface area contributed by atoms with Crippen LogP contribution in [-0.2, 0) is 0 Å². The maximum atomic E-state index is 4.64. The molecule has 0 aliphatic heterocycles. The average molecular weight is 255 g/mol. The second kappa shape index (κ2) is 5.08. The lowest BCUT2D eigenvalue weighted by atomic mass is 10.0. The lowest BCUT2D eigenvalue weighted by Crippen LogP contribution is -2.14. The molecule has 19 heavy (non-hydrogen) atoms. The Morgan fingerprint density at radius 1 is 1.32 bits per heavy atom. The molecule has 0 saturated heterocycles. The number of rotatable bonds is 5. The highest BCUT2D eigenvalue weighted by molar-refractivity contribution is 5.35. The van der Waals surface area contributed by atoms with Gasteiger partial charge in [0.05, 0.1) is 11.7 Å². The summed E-state index contributed by atoms with van der Waals surface area (Å²) in [6.07, 6.45) is 5.77. The first-order valence-electron chi connectivity index (χ1n) is 7.15. The monoisotopic (exact) mass is 255 g/mol. The summed E-state index contributed by atoms with van der Waals surface area (Å²) in [6, 6.07) is 11.7. The van der Waals surface area contributed by atoms with Crippen molar-refractivity contribution in [3.8, 4) is 0 Å². The van der Waals surface area contributed by atoms with Crippen LogP contribution in [0.15, 0.2) is 36.5 Å². The summed E-state index contributed by atoms with van der Waals surface area (Å²) in [6.45, 7) is 4.29. The number of imidazole rings is 1. The topological polar surface area (TPSA) is 29.9 Å². The van der Waals surface area contributed by atoms with Crippen molar-refractivity contribution in [2.45, 2.75) is 45.2 Å². The lowest BCUT2D eigenvalue weighted by Gasteiger charge is -2.20. The Hall–Kier alpha value is -1.77. The first kappa shape index (κ1) is 12.3. The van der Waals surface area contributed by atoms with Gasteiger partial charge in [-0.25, -0.2) is 4.98 Å². The number of anilines is 1. The molecule has 1 atom stereocenters. The van der Waals surface area contributed by atoms with Crippen molar-refractivity contribution < 1.29 is 0 Å². The molecule has 1 aromatic carbocycles. The van der Waals surface area contributed by atoms with Crippen LogP contribution in [0.25, 0.3) is 0 Å². The fourth-order valence-electron chi connectivity index (χ4n) is 2.54. The Morgan fingerprint density at radius 3 is 2.68 bits per heavy atom. The molecule has 1 saturated carbocycles. The minimum absolute atomic E-state index is 0.364. The van der Waals surface area contributed by atoms with Crippen molar-refractivity contribution >= 4 is 5.95 Å². The van der Waals surface area contributed by atoms with E-state index in [0.717, 1.165) is 18.1 Å². The van der Waals surface area contributed by atoms with E-state index in [2.05, 4.69) is 65.2 Å². The standard InChI is InChI=1S/C16H21N3/c1-3-15(13-7-5-4-6-8-13)19-11-12(2)17-16(19)18-14-9-10-14/h4-8,11,14-15H,3,9-10H2,1-2H3,(H,17,18). The largest absolute Gasteiger partial charge is 0.353 e. The molecule has 0 spiro atoms. The average Bonchev–Trinajstić information content (AvgIpc) is 3.16. The fourth-order valence-corrected chi connectivity index (χ4v) is 2.54. The fraction of sp³-hybridized carbons (Fsp3) is 0.438. The summed E-state index contributed by atoms with van der Waals surface area (Å²) < 4.78 is 2.29. The van der Waals surface area contributed by atoms with Gasteiger partial charge in [0.25, 0.3) is 0 Å². The molecule has 100 valence electrons. The van der Waals surface area contributed by atoms with E-state index in [1.807, 2.05) is 0 Å². The number of aromatic nitrogens is 2. The zero-order valence-corrected chi connectivity index (χ0v) is 11.6.